The normalized spacial score (nSPS) is 10.8. The van der Waals surface area contributed by atoms with Crippen LogP contribution in [0.1, 0.15) is 58.2 Å². The Morgan fingerprint density at radius 3 is 2.65 bits per heavy atom. The van der Waals surface area contributed by atoms with E-state index in [2.05, 4.69) is 36.1 Å². The van der Waals surface area contributed by atoms with Gasteiger partial charge in [-0.3, -0.25) is 0 Å². The van der Waals surface area contributed by atoms with Crippen LogP contribution in [0.25, 0.3) is 0 Å². The minimum Gasteiger partial charge on any atom is -0.384 e. The highest BCUT2D eigenvalue weighted by atomic mass is 15.0. The summed E-state index contributed by atoms with van der Waals surface area (Å²) in [4.78, 5) is 8.67. The van der Waals surface area contributed by atoms with E-state index in [1.54, 1.807) is 6.07 Å². The van der Waals surface area contributed by atoms with Crippen molar-refractivity contribution in [3.05, 3.63) is 11.9 Å². The SMILES string of the molecule is CCCCCCNc1cc(N)nc(C(C)C)n1. The molecule has 0 spiro atoms. The molecule has 4 heteroatoms. The van der Waals surface area contributed by atoms with Crippen LogP contribution in [0.15, 0.2) is 6.07 Å². The summed E-state index contributed by atoms with van der Waals surface area (Å²) in [5, 5.41) is 3.31. The van der Waals surface area contributed by atoms with Crippen molar-refractivity contribution in [3.8, 4) is 0 Å². The summed E-state index contributed by atoms with van der Waals surface area (Å²) in [5.74, 6) is 2.50. The van der Waals surface area contributed by atoms with Crippen molar-refractivity contribution in [2.75, 3.05) is 17.6 Å². The first-order valence-corrected chi connectivity index (χ1v) is 6.51. The highest BCUT2D eigenvalue weighted by Gasteiger charge is 2.05. The van der Waals surface area contributed by atoms with E-state index in [1.165, 1.54) is 25.7 Å². The molecule has 0 aliphatic carbocycles. The van der Waals surface area contributed by atoms with Gasteiger partial charge in [0.05, 0.1) is 0 Å². The van der Waals surface area contributed by atoms with Gasteiger partial charge in [0.1, 0.15) is 17.5 Å². The molecule has 1 heterocycles. The van der Waals surface area contributed by atoms with Gasteiger partial charge in [-0.1, -0.05) is 40.0 Å². The van der Waals surface area contributed by atoms with E-state index in [4.69, 9.17) is 5.73 Å². The molecule has 1 aromatic rings. The van der Waals surface area contributed by atoms with Gasteiger partial charge in [0, 0.05) is 18.5 Å². The molecule has 4 nitrogen and oxygen atoms in total. The third-order valence-corrected chi connectivity index (χ3v) is 2.62. The number of anilines is 2. The molecule has 0 fully saturated rings. The quantitative estimate of drug-likeness (QED) is 0.714. The second-order valence-electron chi connectivity index (χ2n) is 4.68. The van der Waals surface area contributed by atoms with Crippen LogP contribution in [0, 0.1) is 0 Å². The zero-order valence-corrected chi connectivity index (χ0v) is 11.2. The number of hydrogen-bond donors (Lipinski definition) is 2. The van der Waals surface area contributed by atoms with Crippen molar-refractivity contribution >= 4 is 11.6 Å². The zero-order valence-electron chi connectivity index (χ0n) is 11.2. The van der Waals surface area contributed by atoms with Crippen LogP contribution < -0.4 is 11.1 Å². The summed E-state index contributed by atoms with van der Waals surface area (Å²) in [6.07, 6.45) is 5.00. The maximum atomic E-state index is 5.76. The van der Waals surface area contributed by atoms with E-state index in [1.807, 2.05) is 0 Å². The molecule has 96 valence electrons. The van der Waals surface area contributed by atoms with Crippen molar-refractivity contribution in [2.45, 2.75) is 52.4 Å². The standard InChI is InChI=1S/C13H24N4/c1-4-5-6-7-8-15-12-9-11(14)16-13(17-12)10(2)3/h9-10H,4-8H2,1-3H3,(H3,14,15,16,17). The topological polar surface area (TPSA) is 63.8 Å². The lowest BCUT2D eigenvalue weighted by Gasteiger charge is -2.09. The Kier molecular flexibility index (Phi) is 5.73. The predicted molar refractivity (Wildman–Crippen MR) is 73.2 cm³/mol. The van der Waals surface area contributed by atoms with Crippen LogP contribution in [0.3, 0.4) is 0 Å². The first kappa shape index (κ1) is 13.7. The number of nitrogens with two attached hydrogens (primary N) is 1. The Morgan fingerprint density at radius 1 is 1.24 bits per heavy atom. The van der Waals surface area contributed by atoms with E-state index < -0.39 is 0 Å². The fourth-order valence-electron chi connectivity index (χ4n) is 1.60. The summed E-state index contributed by atoms with van der Waals surface area (Å²) >= 11 is 0. The molecule has 1 rings (SSSR count). The van der Waals surface area contributed by atoms with E-state index >= 15 is 0 Å². The molecule has 0 amide bonds. The number of nitrogens with one attached hydrogen (secondary N) is 1. The number of nitrogens with zero attached hydrogens (tertiary/aromatic N) is 2. The van der Waals surface area contributed by atoms with E-state index in [9.17, 15) is 0 Å². The van der Waals surface area contributed by atoms with Gasteiger partial charge in [0.25, 0.3) is 0 Å². The lowest BCUT2D eigenvalue weighted by Crippen LogP contribution is -2.08. The van der Waals surface area contributed by atoms with Gasteiger partial charge in [0.15, 0.2) is 0 Å². The van der Waals surface area contributed by atoms with Crippen molar-refractivity contribution < 1.29 is 0 Å². The molecule has 1 aromatic heterocycles. The maximum Gasteiger partial charge on any atom is 0.135 e. The molecule has 17 heavy (non-hydrogen) atoms. The van der Waals surface area contributed by atoms with Gasteiger partial charge in [-0.15, -0.1) is 0 Å². The Morgan fingerprint density at radius 2 is 2.00 bits per heavy atom. The molecule has 0 bridgehead atoms. The third-order valence-electron chi connectivity index (χ3n) is 2.62. The van der Waals surface area contributed by atoms with Crippen molar-refractivity contribution in [3.63, 3.8) is 0 Å². The second kappa shape index (κ2) is 7.09. The summed E-state index contributed by atoms with van der Waals surface area (Å²) in [7, 11) is 0. The minimum absolute atomic E-state index is 0.305. The van der Waals surface area contributed by atoms with Crippen molar-refractivity contribution in [1.82, 2.24) is 9.97 Å². The number of aromatic nitrogens is 2. The Bertz CT molecular complexity index is 336. The number of rotatable bonds is 7. The maximum absolute atomic E-state index is 5.76. The van der Waals surface area contributed by atoms with Gasteiger partial charge in [-0.05, 0) is 6.42 Å². The van der Waals surface area contributed by atoms with Gasteiger partial charge < -0.3 is 11.1 Å². The molecule has 0 unspecified atom stereocenters. The molecule has 0 aliphatic rings. The van der Waals surface area contributed by atoms with E-state index in [0.29, 0.717) is 11.7 Å². The van der Waals surface area contributed by atoms with Crippen molar-refractivity contribution in [1.29, 1.82) is 0 Å². The molecule has 0 aliphatic heterocycles. The average Bonchev–Trinajstić information content (AvgIpc) is 2.28. The van der Waals surface area contributed by atoms with E-state index in [0.717, 1.165) is 18.2 Å². The summed E-state index contributed by atoms with van der Waals surface area (Å²) in [6.45, 7) is 7.31. The molecule has 0 saturated heterocycles. The highest BCUT2D eigenvalue weighted by molar-refractivity contribution is 5.44. The van der Waals surface area contributed by atoms with Crippen LogP contribution in [-0.2, 0) is 0 Å². The third kappa shape index (κ3) is 5.02. The number of unbranched alkanes of at least 4 members (excludes halogenated alkanes) is 3. The monoisotopic (exact) mass is 236 g/mol. The highest BCUT2D eigenvalue weighted by Crippen LogP contribution is 2.15. The molecule has 3 N–H and O–H groups in total. The van der Waals surface area contributed by atoms with Crippen LogP contribution in [-0.4, -0.2) is 16.5 Å². The molecular formula is C13H24N4. The van der Waals surface area contributed by atoms with Crippen LogP contribution in [0.2, 0.25) is 0 Å². The van der Waals surface area contributed by atoms with Gasteiger partial charge in [0.2, 0.25) is 0 Å². The number of nitrogen functional groups attached to an aromatic ring is 1. The van der Waals surface area contributed by atoms with Crippen molar-refractivity contribution in [2.24, 2.45) is 0 Å². The van der Waals surface area contributed by atoms with Crippen LogP contribution in [0.4, 0.5) is 11.6 Å². The second-order valence-corrected chi connectivity index (χ2v) is 4.68. The molecule has 0 saturated carbocycles. The largest absolute Gasteiger partial charge is 0.384 e. The lowest BCUT2D eigenvalue weighted by atomic mass is 10.2. The summed E-state index contributed by atoms with van der Waals surface area (Å²) in [5.41, 5.74) is 5.76. The average molecular weight is 236 g/mol. The number of hydrogen-bond acceptors (Lipinski definition) is 4. The molecule has 0 atom stereocenters. The Hall–Kier alpha value is -1.32. The zero-order chi connectivity index (χ0) is 12.7. The first-order valence-electron chi connectivity index (χ1n) is 6.51. The molecular weight excluding hydrogens is 212 g/mol. The predicted octanol–water partition coefficient (Wildman–Crippen LogP) is 3.17. The Labute approximate surface area is 104 Å². The fraction of sp³-hybridized carbons (Fsp3) is 0.692. The van der Waals surface area contributed by atoms with Gasteiger partial charge >= 0.3 is 0 Å². The van der Waals surface area contributed by atoms with E-state index in [-0.39, 0.29) is 0 Å². The van der Waals surface area contributed by atoms with Gasteiger partial charge in [-0.25, -0.2) is 9.97 Å². The van der Waals surface area contributed by atoms with Crippen LogP contribution in [0.5, 0.6) is 0 Å². The molecule has 0 aromatic carbocycles. The fourth-order valence-corrected chi connectivity index (χ4v) is 1.60. The summed E-state index contributed by atoms with van der Waals surface area (Å²) in [6, 6.07) is 1.80. The Balaban J connectivity index is 2.47. The lowest BCUT2D eigenvalue weighted by molar-refractivity contribution is 0.683. The summed E-state index contributed by atoms with van der Waals surface area (Å²) < 4.78 is 0. The smallest absolute Gasteiger partial charge is 0.135 e. The van der Waals surface area contributed by atoms with Crippen LogP contribution >= 0.6 is 0 Å². The minimum atomic E-state index is 0.305. The van der Waals surface area contributed by atoms with Gasteiger partial charge in [-0.2, -0.15) is 0 Å². The first-order chi connectivity index (χ1) is 8.13. The molecule has 0 radical (unpaired) electrons.